The van der Waals surface area contributed by atoms with Gasteiger partial charge >= 0.3 is 18.2 Å². The lowest BCUT2D eigenvalue weighted by molar-refractivity contribution is -0.149. The van der Waals surface area contributed by atoms with Crippen LogP contribution < -0.4 is 10.6 Å². The highest BCUT2D eigenvalue weighted by atomic mass is 19.4. The van der Waals surface area contributed by atoms with Crippen molar-refractivity contribution in [3.63, 3.8) is 0 Å². The van der Waals surface area contributed by atoms with E-state index in [4.69, 9.17) is 5.11 Å². The van der Waals surface area contributed by atoms with Crippen molar-refractivity contribution in [3.8, 4) is 0 Å². The minimum absolute atomic E-state index is 0.103. The number of carbonyl (C=O) groups excluding carboxylic acids is 2. The van der Waals surface area contributed by atoms with Crippen LogP contribution in [0.1, 0.15) is 6.42 Å². The lowest BCUT2D eigenvalue weighted by Crippen LogP contribution is -2.47. The van der Waals surface area contributed by atoms with E-state index in [9.17, 15) is 27.6 Å². The SMILES string of the molecule is CNC(=O)CCNC(=O)N(CC(=O)O)CC(F)(F)F. The number of carboxylic acid groups (broad SMARTS) is 1. The average Bonchev–Trinajstić information content (AvgIpc) is 2.25. The fourth-order valence-electron chi connectivity index (χ4n) is 1.10. The van der Waals surface area contributed by atoms with Gasteiger partial charge < -0.3 is 20.6 Å². The number of urea groups is 1. The molecule has 0 radical (unpaired) electrons. The van der Waals surface area contributed by atoms with E-state index in [1.807, 2.05) is 5.32 Å². The highest BCUT2D eigenvalue weighted by Gasteiger charge is 2.33. The minimum atomic E-state index is -4.70. The molecule has 0 aromatic rings. The smallest absolute Gasteiger partial charge is 0.406 e. The lowest BCUT2D eigenvalue weighted by atomic mass is 10.4. The number of halogens is 3. The van der Waals surface area contributed by atoms with Crippen molar-refractivity contribution >= 4 is 17.9 Å². The average molecular weight is 285 g/mol. The summed E-state index contributed by atoms with van der Waals surface area (Å²) in [6.07, 6.45) is -4.82. The van der Waals surface area contributed by atoms with Crippen LogP contribution in [0, 0.1) is 0 Å². The fraction of sp³-hybridized carbons (Fsp3) is 0.667. The maximum absolute atomic E-state index is 12.1. The van der Waals surface area contributed by atoms with Crippen LogP contribution in [-0.2, 0) is 9.59 Å². The predicted molar refractivity (Wildman–Crippen MR) is 57.3 cm³/mol. The number of amides is 3. The highest BCUT2D eigenvalue weighted by Crippen LogP contribution is 2.16. The second kappa shape index (κ2) is 7.44. The van der Waals surface area contributed by atoms with Crippen LogP contribution >= 0.6 is 0 Å². The van der Waals surface area contributed by atoms with Gasteiger partial charge in [0.25, 0.3) is 0 Å². The lowest BCUT2D eigenvalue weighted by Gasteiger charge is -2.22. The van der Waals surface area contributed by atoms with Crippen LogP contribution in [0.5, 0.6) is 0 Å². The molecule has 0 aliphatic carbocycles. The van der Waals surface area contributed by atoms with Gasteiger partial charge in [-0.05, 0) is 0 Å². The minimum Gasteiger partial charge on any atom is -0.480 e. The molecule has 0 spiro atoms. The van der Waals surface area contributed by atoms with Gasteiger partial charge in [-0.25, -0.2) is 4.79 Å². The van der Waals surface area contributed by atoms with E-state index >= 15 is 0 Å². The Hall–Kier alpha value is -2.00. The molecule has 0 bridgehead atoms. The normalized spacial score (nSPS) is 10.7. The molecule has 0 aliphatic heterocycles. The summed E-state index contributed by atoms with van der Waals surface area (Å²) in [7, 11) is 1.37. The van der Waals surface area contributed by atoms with E-state index in [2.05, 4.69) is 5.32 Å². The number of carboxylic acids is 1. The molecule has 0 saturated heterocycles. The first-order valence-electron chi connectivity index (χ1n) is 5.17. The van der Waals surface area contributed by atoms with Crippen molar-refractivity contribution in [3.05, 3.63) is 0 Å². The molecule has 3 amide bonds. The zero-order chi connectivity index (χ0) is 15.1. The van der Waals surface area contributed by atoms with Crippen molar-refractivity contribution in [1.29, 1.82) is 0 Å². The first kappa shape index (κ1) is 17.0. The number of hydrogen-bond donors (Lipinski definition) is 3. The third-order valence-electron chi connectivity index (χ3n) is 1.89. The van der Waals surface area contributed by atoms with E-state index < -0.39 is 37.2 Å². The van der Waals surface area contributed by atoms with Gasteiger partial charge in [-0.2, -0.15) is 13.2 Å². The fourth-order valence-corrected chi connectivity index (χ4v) is 1.10. The van der Waals surface area contributed by atoms with Crippen molar-refractivity contribution < 1.29 is 32.7 Å². The van der Waals surface area contributed by atoms with Crippen LogP contribution in [0.3, 0.4) is 0 Å². The van der Waals surface area contributed by atoms with Gasteiger partial charge in [0.05, 0.1) is 0 Å². The number of carbonyl (C=O) groups is 3. The molecule has 0 heterocycles. The van der Waals surface area contributed by atoms with Crippen LogP contribution in [-0.4, -0.2) is 60.8 Å². The van der Waals surface area contributed by atoms with Gasteiger partial charge in [-0.1, -0.05) is 0 Å². The quantitative estimate of drug-likeness (QED) is 0.628. The summed E-state index contributed by atoms with van der Waals surface area (Å²) in [4.78, 5) is 32.6. The summed E-state index contributed by atoms with van der Waals surface area (Å²) in [5.41, 5.74) is 0. The molecular weight excluding hydrogens is 271 g/mol. The molecule has 7 nitrogen and oxygen atoms in total. The molecule has 3 N–H and O–H groups in total. The molecule has 0 aromatic carbocycles. The van der Waals surface area contributed by atoms with Gasteiger partial charge in [-0.15, -0.1) is 0 Å². The summed E-state index contributed by atoms with van der Waals surface area (Å²) >= 11 is 0. The second-order valence-corrected chi connectivity index (χ2v) is 3.52. The van der Waals surface area contributed by atoms with Gasteiger partial charge in [0, 0.05) is 20.0 Å². The number of hydrogen-bond acceptors (Lipinski definition) is 3. The monoisotopic (exact) mass is 285 g/mol. The summed E-state index contributed by atoms with van der Waals surface area (Å²) in [5.74, 6) is -1.97. The summed E-state index contributed by atoms with van der Waals surface area (Å²) < 4.78 is 36.4. The first-order chi connectivity index (χ1) is 8.65. The highest BCUT2D eigenvalue weighted by molar-refractivity contribution is 5.81. The largest absolute Gasteiger partial charge is 0.480 e. The third-order valence-corrected chi connectivity index (χ3v) is 1.89. The molecular formula is C9H14F3N3O4. The Balaban J connectivity index is 4.38. The van der Waals surface area contributed by atoms with Crippen molar-refractivity contribution in [2.75, 3.05) is 26.7 Å². The number of alkyl halides is 3. The van der Waals surface area contributed by atoms with Crippen LogP contribution in [0.4, 0.5) is 18.0 Å². The Morgan fingerprint density at radius 2 is 1.84 bits per heavy atom. The van der Waals surface area contributed by atoms with Crippen LogP contribution in [0.15, 0.2) is 0 Å². The zero-order valence-electron chi connectivity index (χ0n) is 10.1. The Labute approximate surface area is 106 Å². The van der Waals surface area contributed by atoms with Gasteiger partial charge in [0.15, 0.2) is 0 Å². The molecule has 0 atom stereocenters. The molecule has 0 rings (SSSR count). The molecule has 10 heteroatoms. The Kier molecular flexibility index (Phi) is 6.66. The summed E-state index contributed by atoms with van der Waals surface area (Å²) in [5, 5.41) is 12.7. The zero-order valence-corrected chi connectivity index (χ0v) is 10.1. The second-order valence-electron chi connectivity index (χ2n) is 3.52. The van der Waals surface area contributed by atoms with Crippen molar-refractivity contribution in [1.82, 2.24) is 15.5 Å². The molecule has 0 unspecified atom stereocenters. The molecule has 0 saturated carbocycles. The predicted octanol–water partition coefficient (Wildman–Crippen LogP) is -0.219. The molecule has 0 aromatic heterocycles. The van der Waals surface area contributed by atoms with Gasteiger partial charge in [-0.3, -0.25) is 9.59 Å². The van der Waals surface area contributed by atoms with Crippen LogP contribution in [0.25, 0.3) is 0 Å². The Morgan fingerprint density at radius 3 is 2.26 bits per heavy atom. The molecule has 110 valence electrons. The maximum Gasteiger partial charge on any atom is 0.406 e. The molecule has 19 heavy (non-hydrogen) atoms. The third kappa shape index (κ3) is 8.69. The first-order valence-corrected chi connectivity index (χ1v) is 5.17. The summed E-state index contributed by atoms with van der Waals surface area (Å²) in [6.45, 7) is -2.94. The van der Waals surface area contributed by atoms with Crippen molar-refractivity contribution in [2.45, 2.75) is 12.6 Å². The number of nitrogens with zero attached hydrogens (tertiary/aromatic N) is 1. The van der Waals surface area contributed by atoms with Gasteiger partial charge in [0.2, 0.25) is 5.91 Å². The number of aliphatic carboxylic acids is 1. The molecule has 0 aliphatic rings. The van der Waals surface area contributed by atoms with Gasteiger partial charge in [0.1, 0.15) is 13.1 Å². The summed E-state index contributed by atoms with van der Waals surface area (Å²) in [6, 6.07) is -1.19. The van der Waals surface area contributed by atoms with E-state index in [0.717, 1.165) is 0 Å². The van der Waals surface area contributed by atoms with Crippen molar-refractivity contribution in [2.24, 2.45) is 0 Å². The Bertz CT molecular complexity index is 346. The molecule has 0 fully saturated rings. The maximum atomic E-state index is 12.1. The topological polar surface area (TPSA) is 98.7 Å². The number of rotatable bonds is 6. The van der Waals surface area contributed by atoms with E-state index in [1.165, 1.54) is 7.05 Å². The van der Waals surface area contributed by atoms with E-state index in [1.54, 1.807) is 0 Å². The van der Waals surface area contributed by atoms with E-state index in [-0.39, 0.29) is 17.9 Å². The van der Waals surface area contributed by atoms with Crippen LogP contribution in [0.2, 0.25) is 0 Å². The standard InChI is InChI=1S/C9H14F3N3O4/c1-13-6(16)2-3-14-8(19)15(4-7(17)18)5-9(10,11)12/h2-5H2,1H3,(H,13,16)(H,14,19)(H,17,18). The van der Waals surface area contributed by atoms with E-state index in [0.29, 0.717) is 0 Å². The number of nitrogens with one attached hydrogen (secondary N) is 2. The Morgan fingerprint density at radius 1 is 1.26 bits per heavy atom.